The SMILES string of the molecule is CCC(N)(C(=O)O)C(=O)CN.Cl. The van der Waals surface area contributed by atoms with E-state index in [1.807, 2.05) is 0 Å². The van der Waals surface area contributed by atoms with Crippen LogP contribution in [0.5, 0.6) is 0 Å². The number of aliphatic carboxylic acids is 1. The summed E-state index contributed by atoms with van der Waals surface area (Å²) in [5, 5.41) is 8.53. The van der Waals surface area contributed by atoms with Gasteiger partial charge in [0.1, 0.15) is 0 Å². The molecule has 5 nitrogen and oxygen atoms in total. The molecule has 0 aromatic rings. The van der Waals surface area contributed by atoms with Crippen molar-refractivity contribution in [3.8, 4) is 0 Å². The van der Waals surface area contributed by atoms with E-state index in [4.69, 9.17) is 16.6 Å². The number of ketones is 1. The first-order chi connectivity index (χ1) is 4.99. The van der Waals surface area contributed by atoms with Crippen LogP contribution in [-0.2, 0) is 9.59 Å². The summed E-state index contributed by atoms with van der Waals surface area (Å²) in [6.45, 7) is 1.19. The van der Waals surface area contributed by atoms with Crippen molar-refractivity contribution in [2.45, 2.75) is 18.9 Å². The predicted molar refractivity (Wildman–Crippen MR) is 46.2 cm³/mol. The predicted octanol–water partition coefficient (Wildman–Crippen LogP) is -0.872. The average Bonchev–Trinajstić information content (AvgIpc) is 2.01. The van der Waals surface area contributed by atoms with E-state index in [1.165, 1.54) is 6.92 Å². The molecule has 12 heavy (non-hydrogen) atoms. The largest absolute Gasteiger partial charge is 0.480 e. The first-order valence-corrected chi connectivity index (χ1v) is 3.24. The van der Waals surface area contributed by atoms with Crippen LogP contribution in [0.4, 0.5) is 0 Å². The molecule has 1 atom stereocenters. The molecule has 1 unspecified atom stereocenters. The third-order valence-corrected chi connectivity index (χ3v) is 1.62. The highest BCUT2D eigenvalue weighted by atomic mass is 35.5. The van der Waals surface area contributed by atoms with E-state index in [-0.39, 0.29) is 25.4 Å². The van der Waals surface area contributed by atoms with Crippen molar-refractivity contribution >= 4 is 24.2 Å². The number of halogens is 1. The van der Waals surface area contributed by atoms with Gasteiger partial charge in [-0.05, 0) is 6.42 Å². The lowest BCUT2D eigenvalue weighted by Gasteiger charge is -2.19. The molecule has 0 fully saturated rings. The molecule has 0 radical (unpaired) electrons. The van der Waals surface area contributed by atoms with E-state index in [1.54, 1.807) is 0 Å². The number of nitrogens with two attached hydrogens (primary N) is 2. The minimum atomic E-state index is -1.80. The first kappa shape index (κ1) is 13.9. The van der Waals surface area contributed by atoms with Crippen molar-refractivity contribution in [2.24, 2.45) is 11.5 Å². The van der Waals surface area contributed by atoms with Crippen LogP contribution in [0.3, 0.4) is 0 Å². The Morgan fingerprint density at radius 3 is 2.00 bits per heavy atom. The number of hydrogen-bond acceptors (Lipinski definition) is 4. The van der Waals surface area contributed by atoms with Crippen LogP contribution in [0.25, 0.3) is 0 Å². The molecule has 0 saturated heterocycles. The Morgan fingerprint density at radius 1 is 1.50 bits per heavy atom. The van der Waals surface area contributed by atoms with Crippen molar-refractivity contribution < 1.29 is 14.7 Å². The second kappa shape index (κ2) is 5.08. The van der Waals surface area contributed by atoms with E-state index < -0.39 is 17.3 Å². The normalized spacial score (nSPS) is 14.2. The number of rotatable bonds is 4. The fourth-order valence-corrected chi connectivity index (χ4v) is 0.650. The van der Waals surface area contributed by atoms with Crippen LogP contribution in [-0.4, -0.2) is 28.9 Å². The van der Waals surface area contributed by atoms with Gasteiger partial charge in [-0.1, -0.05) is 6.92 Å². The number of carbonyl (C=O) groups is 2. The quantitative estimate of drug-likeness (QED) is 0.507. The molecular formula is C6H13ClN2O3. The summed E-state index contributed by atoms with van der Waals surface area (Å²) in [5.74, 6) is -1.97. The lowest BCUT2D eigenvalue weighted by Crippen LogP contribution is -2.56. The van der Waals surface area contributed by atoms with Crippen LogP contribution in [0.1, 0.15) is 13.3 Å². The molecule has 0 aliphatic heterocycles. The third kappa shape index (κ3) is 2.44. The van der Waals surface area contributed by atoms with Gasteiger partial charge >= 0.3 is 5.97 Å². The molecule has 0 rings (SSSR count). The fourth-order valence-electron chi connectivity index (χ4n) is 0.650. The van der Waals surface area contributed by atoms with Gasteiger partial charge in [0.25, 0.3) is 0 Å². The van der Waals surface area contributed by atoms with Gasteiger partial charge in [0.05, 0.1) is 6.54 Å². The van der Waals surface area contributed by atoms with Crippen molar-refractivity contribution in [3.05, 3.63) is 0 Å². The highest BCUT2D eigenvalue weighted by Crippen LogP contribution is 2.06. The molecule has 0 saturated carbocycles. The summed E-state index contributed by atoms with van der Waals surface area (Å²) in [7, 11) is 0. The monoisotopic (exact) mass is 196 g/mol. The topological polar surface area (TPSA) is 106 Å². The summed E-state index contributed by atoms with van der Waals surface area (Å²) in [5.41, 5.74) is 8.45. The number of carboxylic acids is 1. The molecule has 0 aromatic carbocycles. The van der Waals surface area contributed by atoms with Crippen LogP contribution >= 0.6 is 12.4 Å². The Balaban J connectivity index is 0. The lowest BCUT2D eigenvalue weighted by molar-refractivity contribution is -0.148. The molecule has 72 valence electrons. The minimum Gasteiger partial charge on any atom is -0.480 e. The van der Waals surface area contributed by atoms with Crippen LogP contribution < -0.4 is 11.5 Å². The molecule has 5 N–H and O–H groups in total. The van der Waals surface area contributed by atoms with Gasteiger partial charge in [-0.2, -0.15) is 0 Å². The number of hydrogen-bond donors (Lipinski definition) is 3. The molecule has 6 heteroatoms. The first-order valence-electron chi connectivity index (χ1n) is 3.24. The Bertz CT molecular complexity index is 186. The number of Topliss-reactive ketones (excluding diaryl/α,β-unsaturated/α-hetero) is 1. The maximum absolute atomic E-state index is 10.9. The van der Waals surface area contributed by atoms with Crippen LogP contribution in [0, 0.1) is 0 Å². The Morgan fingerprint density at radius 2 is 1.92 bits per heavy atom. The maximum Gasteiger partial charge on any atom is 0.331 e. The highest BCUT2D eigenvalue weighted by molar-refractivity contribution is 6.08. The van der Waals surface area contributed by atoms with Gasteiger partial charge in [0.2, 0.25) is 0 Å². The Hall–Kier alpha value is -0.650. The average molecular weight is 197 g/mol. The van der Waals surface area contributed by atoms with Gasteiger partial charge < -0.3 is 16.6 Å². The minimum absolute atomic E-state index is 0. The van der Waals surface area contributed by atoms with E-state index in [2.05, 4.69) is 0 Å². The zero-order valence-corrected chi connectivity index (χ0v) is 7.56. The molecule has 0 aromatic heterocycles. The molecule has 0 heterocycles. The molecular weight excluding hydrogens is 184 g/mol. The summed E-state index contributed by atoms with van der Waals surface area (Å²) in [6.07, 6.45) is 0.0539. The van der Waals surface area contributed by atoms with Gasteiger partial charge in [0.15, 0.2) is 11.3 Å². The Labute approximate surface area is 76.5 Å². The van der Waals surface area contributed by atoms with Crippen LogP contribution in [0.2, 0.25) is 0 Å². The van der Waals surface area contributed by atoms with E-state index in [0.29, 0.717) is 0 Å². The van der Waals surface area contributed by atoms with E-state index >= 15 is 0 Å². The summed E-state index contributed by atoms with van der Waals surface area (Å²) in [6, 6.07) is 0. The van der Waals surface area contributed by atoms with Gasteiger partial charge in [-0.3, -0.25) is 4.79 Å². The smallest absolute Gasteiger partial charge is 0.331 e. The van der Waals surface area contributed by atoms with E-state index in [9.17, 15) is 9.59 Å². The standard InChI is InChI=1S/C6H12N2O3.ClH/c1-2-6(8,5(10)11)4(9)3-7;/h2-3,7-8H2,1H3,(H,10,11);1H. The summed E-state index contributed by atoms with van der Waals surface area (Å²) >= 11 is 0. The zero-order valence-electron chi connectivity index (χ0n) is 6.74. The van der Waals surface area contributed by atoms with Crippen molar-refractivity contribution in [1.29, 1.82) is 0 Å². The fraction of sp³-hybridized carbons (Fsp3) is 0.667. The second-order valence-electron chi connectivity index (χ2n) is 2.26. The van der Waals surface area contributed by atoms with Crippen molar-refractivity contribution in [1.82, 2.24) is 0 Å². The molecule has 0 amide bonds. The summed E-state index contributed by atoms with van der Waals surface area (Å²) in [4.78, 5) is 21.3. The molecule has 0 spiro atoms. The molecule has 0 bridgehead atoms. The van der Waals surface area contributed by atoms with E-state index in [0.717, 1.165) is 0 Å². The lowest BCUT2D eigenvalue weighted by atomic mass is 9.92. The van der Waals surface area contributed by atoms with Gasteiger partial charge in [-0.15, -0.1) is 12.4 Å². The Kier molecular flexibility index (Phi) is 5.88. The third-order valence-electron chi connectivity index (χ3n) is 1.62. The maximum atomic E-state index is 10.9. The number of carboxylic acid groups (broad SMARTS) is 1. The van der Waals surface area contributed by atoms with Crippen molar-refractivity contribution in [3.63, 3.8) is 0 Å². The van der Waals surface area contributed by atoms with Crippen molar-refractivity contribution in [2.75, 3.05) is 6.54 Å². The van der Waals surface area contributed by atoms with Crippen LogP contribution in [0.15, 0.2) is 0 Å². The highest BCUT2D eigenvalue weighted by Gasteiger charge is 2.38. The van der Waals surface area contributed by atoms with Gasteiger partial charge in [0, 0.05) is 0 Å². The van der Waals surface area contributed by atoms with Gasteiger partial charge in [-0.25, -0.2) is 4.79 Å². The molecule has 0 aliphatic rings. The number of carbonyl (C=O) groups excluding carboxylic acids is 1. The zero-order chi connectivity index (χ0) is 9.07. The molecule has 0 aliphatic carbocycles. The summed E-state index contributed by atoms with van der Waals surface area (Å²) < 4.78 is 0. The second-order valence-corrected chi connectivity index (χ2v) is 2.26.